The van der Waals surface area contributed by atoms with Gasteiger partial charge in [0, 0.05) is 56.0 Å². The van der Waals surface area contributed by atoms with E-state index in [2.05, 4.69) is 10.6 Å². The van der Waals surface area contributed by atoms with Crippen LogP contribution in [0.2, 0.25) is 0 Å². The van der Waals surface area contributed by atoms with E-state index in [-0.39, 0.29) is 11.7 Å². The molecule has 0 saturated carbocycles. The quantitative estimate of drug-likeness (QED) is 0.422. The van der Waals surface area contributed by atoms with Crippen LogP contribution in [-0.4, -0.2) is 73.8 Å². The molecule has 0 bridgehead atoms. The standard InChI is InChI=1S/C26H33N3O7S/c1-33-20-16-24(35-3)21(25(17-20)36-4)8-14-37(31,32)18-19-5-6-23(34-2)22(15-19)28-9-7-26(30)29-12-10-27-11-13-29/h5-9,14-17,27-28H,10-13,18H2,1-4H3. The summed E-state index contributed by atoms with van der Waals surface area (Å²) >= 11 is 0. The predicted molar refractivity (Wildman–Crippen MR) is 143 cm³/mol. The lowest BCUT2D eigenvalue weighted by molar-refractivity contribution is -0.126. The molecule has 1 aliphatic rings. The van der Waals surface area contributed by atoms with E-state index in [4.69, 9.17) is 18.9 Å². The zero-order valence-electron chi connectivity index (χ0n) is 21.4. The SMILES string of the molecule is COc1cc(OC)c(C=CS(=O)(=O)Cc2ccc(OC)c(NC=CC(=O)N3CCNCC3)c2)c(OC)c1. The van der Waals surface area contributed by atoms with Crippen LogP contribution >= 0.6 is 0 Å². The van der Waals surface area contributed by atoms with Crippen LogP contribution in [0.1, 0.15) is 11.1 Å². The van der Waals surface area contributed by atoms with Crippen molar-refractivity contribution in [3.8, 4) is 23.0 Å². The average molecular weight is 532 g/mol. The maximum absolute atomic E-state index is 12.9. The highest BCUT2D eigenvalue weighted by Gasteiger charge is 2.16. The van der Waals surface area contributed by atoms with Gasteiger partial charge < -0.3 is 34.5 Å². The van der Waals surface area contributed by atoms with Gasteiger partial charge in [0.15, 0.2) is 9.84 Å². The average Bonchev–Trinajstić information content (AvgIpc) is 2.91. The van der Waals surface area contributed by atoms with Crippen molar-refractivity contribution >= 4 is 27.5 Å². The molecule has 2 aromatic rings. The highest BCUT2D eigenvalue weighted by atomic mass is 32.2. The molecule has 0 spiro atoms. The Bertz CT molecular complexity index is 1230. The Labute approximate surface area is 217 Å². The van der Waals surface area contributed by atoms with Gasteiger partial charge in [0.1, 0.15) is 23.0 Å². The number of rotatable bonds is 11. The topological polar surface area (TPSA) is 115 Å². The third-order valence-electron chi connectivity index (χ3n) is 5.72. The third kappa shape index (κ3) is 7.64. The van der Waals surface area contributed by atoms with Crippen LogP contribution in [0.15, 0.2) is 48.0 Å². The summed E-state index contributed by atoms with van der Waals surface area (Å²) in [5.74, 6) is 1.54. The third-order valence-corrected chi connectivity index (χ3v) is 7.01. The molecule has 1 amide bonds. The Balaban J connectivity index is 1.76. The van der Waals surface area contributed by atoms with Crippen LogP contribution in [0.4, 0.5) is 5.69 Å². The first-order chi connectivity index (χ1) is 17.8. The summed E-state index contributed by atoms with van der Waals surface area (Å²) in [5.41, 5.74) is 1.57. The molecule has 2 N–H and O–H groups in total. The summed E-state index contributed by atoms with van der Waals surface area (Å²) in [7, 11) is 2.35. The second-order valence-corrected chi connectivity index (χ2v) is 10.0. The molecule has 0 atom stereocenters. The Hall–Kier alpha value is -3.70. The predicted octanol–water partition coefficient (Wildman–Crippen LogP) is 2.66. The molecule has 10 nitrogen and oxygen atoms in total. The number of piperazine rings is 1. The molecule has 2 aromatic carbocycles. The molecule has 0 aliphatic carbocycles. The van der Waals surface area contributed by atoms with Crippen molar-refractivity contribution in [3.05, 3.63) is 59.1 Å². The first kappa shape index (κ1) is 27.9. The summed E-state index contributed by atoms with van der Waals surface area (Å²) in [4.78, 5) is 14.1. The van der Waals surface area contributed by atoms with Gasteiger partial charge in [0.25, 0.3) is 0 Å². The van der Waals surface area contributed by atoms with Crippen molar-refractivity contribution < 1.29 is 32.2 Å². The van der Waals surface area contributed by atoms with Crippen molar-refractivity contribution in [2.24, 2.45) is 0 Å². The monoisotopic (exact) mass is 531 g/mol. The minimum absolute atomic E-state index is 0.0961. The van der Waals surface area contributed by atoms with E-state index < -0.39 is 9.84 Å². The molecular weight excluding hydrogens is 498 g/mol. The molecular formula is C26H33N3O7S. The highest BCUT2D eigenvalue weighted by Crippen LogP contribution is 2.35. The number of benzene rings is 2. The van der Waals surface area contributed by atoms with E-state index in [1.807, 2.05) is 0 Å². The number of carbonyl (C=O) groups is 1. The molecule has 1 saturated heterocycles. The number of anilines is 1. The molecule has 37 heavy (non-hydrogen) atoms. The lowest BCUT2D eigenvalue weighted by Crippen LogP contribution is -2.45. The molecule has 1 heterocycles. The molecule has 0 unspecified atom stereocenters. The van der Waals surface area contributed by atoms with Crippen molar-refractivity contribution in [1.82, 2.24) is 10.2 Å². The molecule has 11 heteroatoms. The fraction of sp³-hybridized carbons (Fsp3) is 0.346. The van der Waals surface area contributed by atoms with Crippen LogP contribution in [0.3, 0.4) is 0 Å². The number of hydrogen-bond acceptors (Lipinski definition) is 9. The second-order valence-electron chi connectivity index (χ2n) is 8.14. The fourth-order valence-corrected chi connectivity index (χ4v) is 4.88. The van der Waals surface area contributed by atoms with E-state index >= 15 is 0 Å². The lowest BCUT2D eigenvalue weighted by Gasteiger charge is -2.26. The Morgan fingerprint density at radius 2 is 1.62 bits per heavy atom. The largest absolute Gasteiger partial charge is 0.496 e. The van der Waals surface area contributed by atoms with E-state index in [0.717, 1.165) is 18.5 Å². The molecule has 1 fully saturated rings. The van der Waals surface area contributed by atoms with E-state index in [1.54, 1.807) is 35.2 Å². The highest BCUT2D eigenvalue weighted by molar-refractivity contribution is 7.93. The number of ether oxygens (including phenoxy) is 4. The molecule has 200 valence electrons. The normalized spacial score (nSPS) is 14.1. The number of amides is 1. The van der Waals surface area contributed by atoms with E-state index in [0.29, 0.717) is 52.9 Å². The first-order valence-electron chi connectivity index (χ1n) is 11.6. The summed E-state index contributed by atoms with van der Waals surface area (Å²) in [6, 6.07) is 8.34. The Morgan fingerprint density at radius 3 is 2.22 bits per heavy atom. The smallest absolute Gasteiger partial charge is 0.248 e. The summed E-state index contributed by atoms with van der Waals surface area (Å²) in [5, 5.41) is 7.36. The zero-order valence-corrected chi connectivity index (χ0v) is 22.3. The van der Waals surface area contributed by atoms with Gasteiger partial charge in [-0.3, -0.25) is 4.79 Å². The second kappa shape index (κ2) is 13.0. The minimum Gasteiger partial charge on any atom is -0.496 e. The van der Waals surface area contributed by atoms with Gasteiger partial charge in [-0.15, -0.1) is 0 Å². The maximum Gasteiger partial charge on any atom is 0.248 e. The van der Waals surface area contributed by atoms with Crippen molar-refractivity contribution in [2.75, 3.05) is 59.9 Å². The molecule has 0 radical (unpaired) electrons. The van der Waals surface area contributed by atoms with Crippen LogP contribution in [-0.2, 0) is 20.4 Å². The fourth-order valence-electron chi connectivity index (χ4n) is 3.80. The molecule has 1 aliphatic heterocycles. The number of methoxy groups -OCH3 is 4. The molecule has 3 rings (SSSR count). The van der Waals surface area contributed by atoms with Gasteiger partial charge in [-0.05, 0) is 23.8 Å². The van der Waals surface area contributed by atoms with Crippen LogP contribution in [0.25, 0.3) is 6.08 Å². The van der Waals surface area contributed by atoms with Crippen molar-refractivity contribution in [1.29, 1.82) is 0 Å². The van der Waals surface area contributed by atoms with E-state index in [1.165, 1.54) is 46.8 Å². The lowest BCUT2D eigenvalue weighted by atomic mass is 10.1. The van der Waals surface area contributed by atoms with Crippen molar-refractivity contribution in [3.63, 3.8) is 0 Å². The summed E-state index contributed by atoms with van der Waals surface area (Å²) in [6.45, 7) is 2.84. The van der Waals surface area contributed by atoms with Gasteiger partial charge in [-0.25, -0.2) is 8.42 Å². The number of sulfone groups is 1. The summed E-state index contributed by atoms with van der Waals surface area (Å²) in [6.07, 6.45) is 4.43. The van der Waals surface area contributed by atoms with Gasteiger partial charge in [-0.1, -0.05) is 6.07 Å². The maximum atomic E-state index is 12.9. The van der Waals surface area contributed by atoms with Gasteiger partial charge >= 0.3 is 0 Å². The number of nitrogens with zero attached hydrogens (tertiary/aromatic N) is 1. The van der Waals surface area contributed by atoms with Gasteiger partial charge in [0.05, 0.1) is 45.4 Å². The number of nitrogens with one attached hydrogen (secondary N) is 2. The number of carbonyl (C=O) groups excluding carboxylic acids is 1. The van der Waals surface area contributed by atoms with Gasteiger partial charge in [-0.2, -0.15) is 0 Å². The zero-order chi connectivity index (χ0) is 26.8. The van der Waals surface area contributed by atoms with E-state index in [9.17, 15) is 13.2 Å². The minimum atomic E-state index is -3.66. The number of hydrogen-bond donors (Lipinski definition) is 2. The van der Waals surface area contributed by atoms with Crippen LogP contribution in [0.5, 0.6) is 23.0 Å². The van der Waals surface area contributed by atoms with Crippen molar-refractivity contribution in [2.45, 2.75) is 5.75 Å². The Kier molecular flexibility index (Phi) is 9.81. The first-order valence-corrected chi connectivity index (χ1v) is 13.3. The van der Waals surface area contributed by atoms with Crippen LogP contribution in [0, 0.1) is 0 Å². The van der Waals surface area contributed by atoms with Gasteiger partial charge in [0.2, 0.25) is 5.91 Å². The van der Waals surface area contributed by atoms with Crippen LogP contribution < -0.4 is 29.6 Å². The molecule has 0 aromatic heterocycles. The Morgan fingerprint density at radius 1 is 0.973 bits per heavy atom. The summed E-state index contributed by atoms with van der Waals surface area (Å²) < 4.78 is 47.2.